The Balaban J connectivity index is 1.67. The van der Waals surface area contributed by atoms with Crippen molar-refractivity contribution < 1.29 is 17.9 Å². The molecule has 0 amide bonds. The third-order valence-corrected chi connectivity index (χ3v) is 5.19. The zero-order chi connectivity index (χ0) is 19.0. The molecule has 3 aromatic rings. The molecule has 3 heterocycles. The van der Waals surface area contributed by atoms with Gasteiger partial charge in [-0.3, -0.25) is 0 Å². The lowest BCUT2D eigenvalue weighted by molar-refractivity contribution is -0.140. The summed E-state index contributed by atoms with van der Waals surface area (Å²) in [5.41, 5.74) is 0.295. The Labute approximate surface area is 157 Å². The maximum Gasteiger partial charge on any atom is 0.435 e. The normalized spacial score (nSPS) is 14.1. The van der Waals surface area contributed by atoms with Crippen molar-refractivity contribution in [2.24, 2.45) is 0 Å². The quantitative estimate of drug-likeness (QED) is 0.668. The molecule has 4 rings (SSSR count). The highest BCUT2D eigenvalue weighted by Gasteiger charge is 2.40. The van der Waals surface area contributed by atoms with Gasteiger partial charge in [-0.05, 0) is 37.1 Å². The number of ether oxygens (including phenoxy) is 1. The van der Waals surface area contributed by atoms with Gasteiger partial charge >= 0.3 is 6.18 Å². The van der Waals surface area contributed by atoms with Gasteiger partial charge in [0.05, 0.1) is 7.11 Å². The molecular weight excluding hydrogens is 377 g/mol. The standard InChI is InChI=1S/C18H17F3N4OS/c1-26-12-7-5-11(6-8-12)22-17-23-13(10-27-17)15-16(18(19,20)21)24-14-4-2-3-9-25(14)15/h5-8,10H,2-4,9H2,1H3,(H,22,23). The lowest BCUT2D eigenvalue weighted by Crippen LogP contribution is -2.12. The van der Waals surface area contributed by atoms with Crippen LogP contribution in [0, 0.1) is 0 Å². The second kappa shape index (κ2) is 6.88. The molecule has 0 fully saturated rings. The summed E-state index contributed by atoms with van der Waals surface area (Å²) in [7, 11) is 1.58. The number of alkyl halides is 3. The molecule has 0 atom stereocenters. The summed E-state index contributed by atoms with van der Waals surface area (Å²) in [5.74, 6) is 1.21. The number of aromatic nitrogens is 3. The van der Waals surface area contributed by atoms with Crippen LogP contribution in [0.3, 0.4) is 0 Å². The molecule has 142 valence electrons. The van der Waals surface area contributed by atoms with Crippen molar-refractivity contribution >= 4 is 22.2 Å². The van der Waals surface area contributed by atoms with Gasteiger partial charge in [0.25, 0.3) is 0 Å². The second-order valence-electron chi connectivity index (χ2n) is 6.22. The van der Waals surface area contributed by atoms with Gasteiger partial charge in [-0.25, -0.2) is 9.97 Å². The number of aryl methyl sites for hydroxylation is 1. The van der Waals surface area contributed by atoms with Crippen LogP contribution in [0.1, 0.15) is 24.4 Å². The molecule has 0 radical (unpaired) electrons. The van der Waals surface area contributed by atoms with E-state index in [2.05, 4.69) is 15.3 Å². The summed E-state index contributed by atoms with van der Waals surface area (Å²) in [4.78, 5) is 8.27. The maximum absolute atomic E-state index is 13.5. The predicted molar refractivity (Wildman–Crippen MR) is 97.6 cm³/mol. The average molecular weight is 394 g/mol. The van der Waals surface area contributed by atoms with Crippen molar-refractivity contribution in [2.45, 2.75) is 32.0 Å². The van der Waals surface area contributed by atoms with Crippen LogP contribution < -0.4 is 10.1 Å². The molecule has 0 spiro atoms. The lowest BCUT2D eigenvalue weighted by atomic mass is 10.1. The number of methoxy groups -OCH3 is 1. The molecule has 27 heavy (non-hydrogen) atoms. The molecule has 5 nitrogen and oxygen atoms in total. The van der Waals surface area contributed by atoms with Crippen LogP contribution in [-0.2, 0) is 19.1 Å². The molecular formula is C18H17F3N4OS. The predicted octanol–water partition coefficient (Wildman–Crippen LogP) is 5.11. The van der Waals surface area contributed by atoms with Gasteiger partial charge in [0.1, 0.15) is 23.0 Å². The van der Waals surface area contributed by atoms with Gasteiger partial charge in [0.2, 0.25) is 0 Å². The van der Waals surface area contributed by atoms with Gasteiger partial charge in [-0.1, -0.05) is 0 Å². The Hall–Kier alpha value is -2.55. The highest BCUT2D eigenvalue weighted by molar-refractivity contribution is 7.14. The third-order valence-electron chi connectivity index (χ3n) is 4.44. The van der Waals surface area contributed by atoms with E-state index in [0.717, 1.165) is 24.3 Å². The Bertz CT molecular complexity index is 947. The third kappa shape index (κ3) is 3.51. The van der Waals surface area contributed by atoms with Crippen LogP contribution in [-0.4, -0.2) is 21.6 Å². The zero-order valence-corrected chi connectivity index (χ0v) is 15.3. The topological polar surface area (TPSA) is 52.0 Å². The summed E-state index contributed by atoms with van der Waals surface area (Å²) < 4.78 is 47.3. The van der Waals surface area contributed by atoms with Crippen LogP contribution in [0.2, 0.25) is 0 Å². The van der Waals surface area contributed by atoms with E-state index in [1.165, 1.54) is 11.3 Å². The number of imidazole rings is 1. The Morgan fingerprint density at radius 2 is 1.93 bits per heavy atom. The number of nitrogens with one attached hydrogen (secondary N) is 1. The van der Waals surface area contributed by atoms with E-state index in [-0.39, 0.29) is 5.69 Å². The monoisotopic (exact) mass is 394 g/mol. The van der Waals surface area contributed by atoms with Crippen molar-refractivity contribution in [3.05, 3.63) is 41.2 Å². The molecule has 0 unspecified atom stereocenters. The van der Waals surface area contributed by atoms with E-state index >= 15 is 0 Å². The molecule has 0 bridgehead atoms. The number of hydrogen-bond donors (Lipinski definition) is 1. The van der Waals surface area contributed by atoms with Gasteiger partial charge in [-0.15, -0.1) is 11.3 Å². The molecule has 2 aromatic heterocycles. The molecule has 1 N–H and O–H groups in total. The van der Waals surface area contributed by atoms with E-state index < -0.39 is 11.9 Å². The number of halogens is 3. The summed E-state index contributed by atoms with van der Waals surface area (Å²) >= 11 is 1.26. The minimum absolute atomic E-state index is 0.0660. The smallest absolute Gasteiger partial charge is 0.435 e. The molecule has 1 aromatic carbocycles. The van der Waals surface area contributed by atoms with Gasteiger partial charge in [-0.2, -0.15) is 13.2 Å². The number of fused-ring (bicyclic) bond motifs is 1. The lowest BCUT2D eigenvalue weighted by Gasteiger charge is -2.15. The van der Waals surface area contributed by atoms with Crippen molar-refractivity contribution in [1.82, 2.24) is 14.5 Å². The number of benzene rings is 1. The van der Waals surface area contributed by atoms with Crippen LogP contribution >= 0.6 is 11.3 Å². The summed E-state index contributed by atoms with van der Waals surface area (Å²) in [6.45, 7) is 0.534. The largest absolute Gasteiger partial charge is 0.497 e. The number of hydrogen-bond acceptors (Lipinski definition) is 5. The van der Waals surface area contributed by atoms with Crippen LogP contribution in [0.5, 0.6) is 5.75 Å². The fraction of sp³-hybridized carbons (Fsp3) is 0.333. The maximum atomic E-state index is 13.5. The van der Waals surface area contributed by atoms with Crippen LogP contribution in [0.25, 0.3) is 11.4 Å². The van der Waals surface area contributed by atoms with E-state index in [1.54, 1.807) is 29.2 Å². The molecule has 0 saturated carbocycles. The fourth-order valence-corrected chi connectivity index (χ4v) is 3.89. The Kier molecular flexibility index (Phi) is 4.55. The van der Waals surface area contributed by atoms with Crippen molar-refractivity contribution in [3.8, 4) is 17.1 Å². The summed E-state index contributed by atoms with van der Waals surface area (Å²) in [6.07, 6.45) is -2.25. The summed E-state index contributed by atoms with van der Waals surface area (Å²) in [5, 5.41) is 5.28. The first kappa shape index (κ1) is 17.8. The zero-order valence-electron chi connectivity index (χ0n) is 14.5. The van der Waals surface area contributed by atoms with Crippen molar-refractivity contribution in [2.75, 3.05) is 12.4 Å². The SMILES string of the molecule is COc1ccc(Nc2nc(-c3c(C(F)(F)F)nc4n3CCCC4)cs2)cc1. The van der Waals surface area contributed by atoms with Crippen LogP contribution in [0.15, 0.2) is 29.6 Å². The van der Waals surface area contributed by atoms with Gasteiger partial charge in [0, 0.05) is 24.0 Å². The Morgan fingerprint density at radius 1 is 1.15 bits per heavy atom. The van der Waals surface area contributed by atoms with Crippen molar-refractivity contribution in [3.63, 3.8) is 0 Å². The molecule has 0 aliphatic carbocycles. The first-order chi connectivity index (χ1) is 13.0. The first-order valence-corrected chi connectivity index (χ1v) is 9.37. The highest BCUT2D eigenvalue weighted by atomic mass is 32.1. The minimum Gasteiger partial charge on any atom is -0.497 e. The van der Waals surface area contributed by atoms with E-state index in [0.29, 0.717) is 29.6 Å². The molecule has 1 aliphatic rings. The highest BCUT2D eigenvalue weighted by Crippen LogP contribution is 2.39. The Morgan fingerprint density at radius 3 is 2.63 bits per heavy atom. The first-order valence-electron chi connectivity index (χ1n) is 8.49. The fourth-order valence-electron chi connectivity index (χ4n) is 3.18. The number of rotatable bonds is 4. The minimum atomic E-state index is -4.51. The number of anilines is 2. The summed E-state index contributed by atoms with van der Waals surface area (Å²) in [6, 6.07) is 7.24. The molecule has 0 saturated heterocycles. The molecule has 9 heteroatoms. The molecule has 1 aliphatic heterocycles. The number of thiazole rings is 1. The van der Waals surface area contributed by atoms with Gasteiger partial charge < -0.3 is 14.6 Å². The van der Waals surface area contributed by atoms with Crippen molar-refractivity contribution in [1.29, 1.82) is 0 Å². The average Bonchev–Trinajstić information content (AvgIpc) is 3.26. The number of nitrogens with zero attached hydrogens (tertiary/aromatic N) is 3. The second-order valence-corrected chi connectivity index (χ2v) is 7.08. The van der Waals surface area contributed by atoms with Crippen LogP contribution in [0.4, 0.5) is 24.0 Å². The van der Waals surface area contributed by atoms with E-state index in [1.807, 2.05) is 12.1 Å². The van der Waals surface area contributed by atoms with E-state index in [9.17, 15) is 13.2 Å². The van der Waals surface area contributed by atoms with E-state index in [4.69, 9.17) is 4.74 Å². The van der Waals surface area contributed by atoms with Gasteiger partial charge in [0.15, 0.2) is 10.8 Å².